The van der Waals surface area contributed by atoms with Crippen molar-refractivity contribution in [1.29, 1.82) is 0 Å². The number of nitrogens with zero attached hydrogens (tertiary/aromatic N) is 1. The zero-order valence-corrected chi connectivity index (χ0v) is 16.2. The lowest BCUT2D eigenvalue weighted by Crippen LogP contribution is -2.45. The molecule has 0 bridgehead atoms. The van der Waals surface area contributed by atoms with Crippen LogP contribution in [-0.4, -0.2) is 46.6 Å². The summed E-state index contributed by atoms with van der Waals surface area (Å²) in [6.07, 6.45) is -1.19. The van der Waals surface area contributed by atoms with Crippen LogP contribution >= 0.6 is 0 Å². The molecule has 0 aromatic heterocycles. The zero-order valence-electron chi connectivity index (χ0n) is 16.2. The fourth-order valence-corrected chi connectivity index (χ4v) is 2.95. The molecule has 0 radical (unpaired) electrons. The van der Waals surface area contributed by atoms with Gasteiger partial charge in [0.1, 0.15) is 6.04 Å². The monoisotopic (exact) mass is 409 g/mol. The number of fused-ring (bicyclic) bond motifs is 1. The summed E-state index contributed by atoms with van der Waals surface area (Å²) in [5.41, 5.74) is 6.25. The minimum Gasteiger partial charge on any atom is -0.451 e. The summed E-state index contributed by atoms with van der Waals surface area (Å²) < 4.78 is 5.14. The first-order valence-corrected chi connectivity index (χ1v) is 9.09. The van der Waals surface area contributed by atoms with Crippen LogP contribution in [0.25, 0.3) is 0 Å². The molecule has 9 heteroatoms. The first kappa shape index (κ1) is 20.7. The Hall–Kier alpha value is -4.01. The molecule has 0 saturated carbocycles. The van der Waals surface area contributed by atoms with Gasteiger partial charge in [-0.2, -0.15) is 0 Å². The Kier molecular flexibility index (Phi) is 5.63. The van der Waals surface area contributed by atoms with Crippen molar-refractivity contribution in [3.63, 3.8) is 0 Å². The normalized spacial score (nSPS) is 14.7. The van der Waals surface area contributed by atoms with Gasteiger partial charge in [0, 0.05) is 11.3 Å². The molecule has 154 valence electrons. The van der Waals surface area contributed by atoms with E-state index in [9.17, 15) is 24.0 Å². The molecule has 2 aromatic rings. The minimum absolute atomic E-state index is 0.215. The molecule has 0 fully saturated rings. The predicted molar refractivity (Wildman–Crippen MR) is 106 cm³/mol. The van der Waals surface area contributed by atoms with Crippen LogP contribution in [0.2, 0.25) is 0 Å². The van der Waals surface area contributed by atoms with Crippen molar-refractivity contribution >= 4 is 35.3 Å². The SMILES string of the molecule is CC(OC(=O)C(C)N1C(=O)c2ccccc2C1=O)C(=O)Nc1ccc(C(N)=O)cc1. The summed E-state index contributed by atoms with van der Waals surface area (Å²) in [4.78, 5) is 61.6. The van der Waals surface area contributed by atoms with Crippen LogP contribution < -0.4 is 11.1 Å². The molecule has 0 spiro atoms. The fourth-order valence-electron chi connectivity index (χ4n) is 2.95. The van der Waals surface area contributed by atoms with Crippen molar-refractivity contribution in [1.82, 2.24) is 4.90 Å². The lowest BCUT2D eigenvalue weighted by molar-refractivity contribution is -0.156. The Morgan fingerprint density at radius 1 is 0.933 bits per heavy atom. The summed E-state index contributed by atoms with van der Waals surface area (Å²) in [5, 5.41) is 2.54. The smallest absolute Gasteiger partial charge is 0.329 e. The van der Waals surface area contributed by atoms with Gasteiger partial charge in [0.2, 0.25) is 5.91 Å². The van der Waals surface area contributed by atoms with Crippen LogP contribution in [0.3, 0.4) is 0 Å². The molecule has 1 heterocycles. The highest BCUT2D eigenvalue weighted by molar-refractivity contribution is 6.22. The standard InChI is InChI=1S/C21H19N3O6/c1-11(24-19(27)15-5-3-4-6-16(15)20(24)28)21(29)30-12(2)18(26)23-14-9-7-13(8-10-14)17(22)25/h3-12H,1-2H3,(H2,22,25)(H,23,26). The molecule has 30 heavy (non-hydrogen) atoms. The van der Waals surface area contributed by atoms with Crippen LogP contribution in [0.15, 0.2) is 48.5 Å². The minimum atomic E-state index is -1.21. The van der Waals surface area contributed by atoms with E-state index in [0.29, 0.717) is 5.69 Å². The number of anilines is 1. The maximum absolute atomic E-state index is 12.5. The summed E-state index contributed by atoms with van der Waals surface area (Å²) in [6.45, 7) is 2.72. The quantitative estimate of drug-likeness (QED) is 0.546. The topological polar surface area (TPSA) is 136 Å². The number of hydrogen-bond donors (Lipinski definition) is 2. The van der Waals surface area contributed by atoms with E-state index in [-0.39, 0.29) is 16.7 Å². The number of nitrogens with one attached hydrogen (secondary N) is 1. The van der Waals surface area contributed by atoms with Gasteiger partial charge in [0.25, 0.3) is 17.7 Å². The highest BCUT2D eigenvalue weighted by Crippen LogP contribution is 2.25. The van der Waals surface area contributed by atoms with Gasteiger partial charge in [-0.3, -0.25) is 24.1 Å². The van der Waals surface area contributed by atoms with E-state index in [1.807, 2.05) is 0 Å². The molecule has 4 amide bonds. The number of carbonyl (C=O) groups is 5. The second-order valence-electron chi connectivity index (χ2n) is 6.71. The van der Waals surface area contributed by atoms with Crippen molar-refractivity contribution in [2.24, 2.45) is 5.73 Å². The number of imide groups is 1. The highest BCUT2D eigenvalue weighted by atomic mass is 16.5. The first-order chi connectivity index (χ1) is 14.2. The average molecular weight is 409 g/mol. The summed E-state index contributed by atoms with van der Waals surface area (Å²) in [7, 11) is 0. The van der Waals surface area contributed by atoms with Crippen molar-refractivity contribution in [2.75, 3.05) is 5.32 Å². The van der Waals surface area contributed by atoms with Gasteiger partial charge >= 0.3 is 5.97 Å². The molecule has 1 aliphatic rings. The summed E-state index contributed by atoms with van der Waals surface area (Å²) in [5.74, 6) is -3.29. The molecule has 0 aliphatic carbocycles. The number of benzene rings is 2. The maximum atomic E-state index is 12.5. The number of amides is 4. The number of ether oxygens (including phenoxy) is 1. The predicted octanol–water partition coefficient (Wildman–Crippen LogP) is 1.34. The van der Waals surface area contributed by atoms with Crippen molar-refractivity contribution in [3.8, 4) is 0 Å². The van der Waals surface area contributed by atoms with E-state index in [4.69, 9.17) is 10.5 Å². The van der Waals surface area contributed by atoms with E-state index >= 15 is 0 Å². The van der Waals surface area contributed by atoms with E-state index in [0.717, 1.165) is 4.90 Å². The number of nitrogens with two attached hydrogens (primary N) is 1. The number of esters is 1. The zero-order chi connectivity index (χ0) is 22.0. The Balaban J connectivity index is 1.62. The van der Waals surface area contributed by atoms with Crippen LogP contribution in [0.1, 0.15) is 44.9 Å². The molecular formula is C21H19N3O6. The van der Waals surface area contributed by atoms with E-state index in [1.54, 1.807) is 12.1 Å². The van der Waals surface area contributed by atoms with Gasteiger partial charge in [0.05, 0.1) is 11.1 Å². The molecule has 2 aromatic carbocycles. The summed E-state index contributed by atoms with van der Waals surface area (Å²) in [6, 6.07) is 10.9. The molecule has 0 saturated heterocycles. The van der Waals surface area contributed by atoms with Crippen LogP contribution in [0.4, 0.5) is 5.69 Å². The van der Waals surface area contributed by atoms with E-state index in [2.05, 4.69) is 5.32 Å². The van der Waals surface area contributed by atoms with Gasteiger partial charge in [-0.1, -0.05) is 12.1 Å². The van der Waals surface area contributed by atoms with Gasteiger partial charge in [-0.15, -0.1) is 0 Å². The largest absolute Gasteiger partial charge is 0.451 e. The third-order valence-corrected chi connectivity index (χ3v) is 4.65. The third kappa shape index (κ3) is 3.90. The third-order valence-electron chi connectivity index (χ3n) is 4.65. The molecular weight excluding hydrogens is 390 g/mol. The first-order valence-electron chi connectivity index (χ1n) is 9.09. The second-order valence-corrected chi connectivity index (χ2v) is 6.71. The Labute approximate surface area is 171 Å². The number of hydrogen-bond acceptors (Lipinski definition) is 6. The second kappa shape index (κ2) is 8.16. The molecule has 2 atom stereocenters. The van der Waals surface area contributed by atoms with Gasteiger partial charge in [-0.25, -0.2) is 4.79 Å². The number of rotatable bonds is 6. The molecule has 2 unspecified atom stereocenters. The molecule has 3 rings (SSSR count). The van der Waals surface area contributed by atoms with Crippen molar-refractivity contribution in [2.45, 2.75) is 26.0 Å². The number of carbonyl (C=O) groups excluding carboxylic acids is 5. The Morgan fingerprint density at radius 2 is 1.47 bits per heavy atom. The molecule has 1 aliphatic heterocycles. The van der Waals surface area contributed by atoms with E-state index in [1.165, 1.54) is 50.2 Å². The van der Waals surface area contributed by atoms with E-state index < -0.39 is 41.7 Å². The highest BCUT2D eigenvalue weighted by Gasteiger charge is 2.41. The van der Waals surface area contributed by atoms with Gasteiger partial charge in [0.15, 0.2) is 6.10 Å². The average Bonchev–Trinajstić information content (AvgIpc) is 2.98. The van der Waals surface area contributed by atoms with Crippen molar-refractivity contribution < 1.29 is 28.7 Å². The van der Waals surface area contributed by atoms with Crippen LogP contribution in [0, 0.1) is 0 Å². The lowest BCUT2D eigenvalue weighted by atomic mass is 10.1. The van der Waals surface area contributed by atoms with Crippen molar-refractivity contribution in [3.05, 3.63) is 65.2 Å². The summed E-state index contributed by atoms with van der Waals surface area (Å²) >= 11 is 0. The Bertz CT molecular complexity index is 1010. The molecule has 3 N–H and O–H groups in total. The number of primary amides is 1. The van der Waals surface area contributed by atoms with Crippen LogP contribution in [0.5, 0.6) is 0 Å². The lowest BCUT2D eigenvalue weighted by Gasteiger charge is -2.22. The maximum Gasteiger partial charge on any atom is 0.329 e. The van der Waals surface area contributed by atoms with Gasteiger partial charge < -0.3 is 15.8 Å². The Morgan fingerprint density at radius 3 is 1.97 bits per heavy atom. The fraction of sp³-hybridized carbons (Fsp3) is 0.190. The van der Waals surface area contributed by atoms with Gasteiger partial charge in [-0.05, 0) is 50.2 Å². The van der Waals surface area contributed by atoms with Crippen LogP contribution in [-0.2, 0) is 14.3 Å². The molecule has 9 nitrogen and oxygen atoms in total.